The predicted octanol–water partition coefficient (Wildman–Crippen LogP) is 3.54. The molecule has 24 heavy (non-hydrogen) atoms. The minimum Gasteiger partial charge on any atom is -0.466 e. The number of nitrogens with zero attached hydrogens (tertiary/aromatic N) is 1. The number of aryl methyl sites for hydroxylation is 2. The van der Waals surface area contributed by atoms with Crippen LogP contribution in [-0.4, -0.2) is 24.2 Å². The summed E-state index contributed by atoms with van der Waals surface area (Å²) in [6.07, 6.45) is 0. The number of guanidine groups is 1. The normalized spacial score (nSPS) is 14.0. The number of furan rings is 1. The Kier molecular flexibility index (Phi) is 8.24. The van der Waals surface area contributed by atoms with E-state index in [0.29, 0.717) is 19.0 Å². The second-order valence-electron chi connectivity index (χ2n) is 5.73. The third-order valence-electron chi connectivity index (χ3n) is 3.54. The molecule has 134 valence electrons. The van der Waals surface area contributed by atoms with E-state index in [1.165, 1.54) is 4.88 Å². The zero-order valence-electron chi connectivity index (χ0n) is 14.5. The molecule has 0 saturated carbocycles. The van der Waals surface area contributed by atoms with Gasteiger partial charge in [-0.1, -0.05) is 6.07 Å². The average Bonchev–Trinajstić information content (AvgIpc) is 3.11. The second-order valence-corrected chi connectivity index (χ2v) is 6.76. The smallest absolute Gasteiger partial charge is 0.191 e. The number of nitrogens with one attached hydrogen (secondary N) is 2. The van der Waals surface area contributed by atoms with Crippen LogP contribution < -0.4 is 10.6 Å². The van der Waals surface area contributed by atoms with Gasteiger partial charge in [-0.25, -0.2) is 4.99 Å². The van der Waals surface area contributed by atoms with Crippen LogP contribution in [0.25, 0.3) is 0 Å². The fourth-order valence-electron chi connectivity index (χ4n) is 2.42. The zero-order chi connectivity index (χ0) is 16.9. The lowest BCUT2D eigenvalue weighted by molar-refractivity contribution is 0.0601. The number of aliphatic imine (C=N–C) groups is 1. The summed E-state index contributed by atoms with van der Waals surface area (Å²) in [5.74, 6) is 2.24. The minimum absolute atomic E-state index is 0. The van der Waals surface area contributed by atoms with Gasteiger partial charge in [0.15, 0.2) is 5.96 Å². The van der Waals surface area contributed by atoms with Gasteiger partial charge >= 0.3 is 0 Å². The second kappa shape index (κ2) is 9.43. The molecule has 0 spiro atoms. The monoisotopic (exact) mass is 463 g/mol. The summed E-state index contributed by atoms with van der Waals surface area (Å²) in [5.41, 5.74) is -0.224. The van der Waals surface area contributed by atoms with Gasteiger partial charge in [0.25, 0.3) is 0 Å². The largest absolute Gasteiger partial charge is 0.466 e. The summed E-state index contributed by atoms with van der Waals surface area (Å²) in [4.78, 5) is 5.75. The van der Waals surface area contributed by atoms with Crippen LogP contribution in [0.2, 0.25) is 0 Å². The van der Waals surface area contributed by atoms with Gasteiger partial charge in [-0.3, -0.25) is 0 Å². The predicted molar refractivity (Wildman–Crippen MR) is 110 cm³/mol. The number of hydrogen-bond donors (Lipinski definition) is 3. The average molecular weight is 463 g/mol. The molecule has 0 radical (unpaired) electrons. The van der Waals surface area contributed by atoms with E-state index < -0.39 is 5.60 Å². The molecule has 2 aromatic rings. The van der Waals surface area contributed by atoms with Gasteiger partial charge in [0.2, 0.25) is 0 Å². The molecule has 5 nitrogen and oxygen atoms in total. The van der Waals surface area contributed by atoms with Crippen molar-refractivity contribution < 1.29 is 9.52 Å². The standard InChI is InChI=1S/C17H25N3O2S.HI/c1-5-18-16(19-10-14-7-6-8-23-14)20-11-17(4,21)15-9-12(2)22-13(15)3;/h6-9,21H,5,10-11H2,1-4H3,(H2,18,19,20);1H. The molecule has 0 fully saturated rings. The first-order valence-electron chi connectivity index (χ1n) is 7.77. The summed E-state index contributed by atoms with van der Waals surface area (Å²) in [6, 6.07) is 5.96. The highest BCUT2D eigenvalue weighted by molar-refractivity contribution is 14.0. The molecular formula is C17H26IN3O2S. The van der Waals surface area contributed by atoms with Crippen LogP contribution in [-0.2, 0) is 12.1 Å². The van der Waals surface area contributed by atoms with E-state index in [1.54, 1.807) is 18.3 Å². The first kappa shape index (κ1) is 21.0. The molecule has 2 aromatic heterocycles. The third-order valence-corrected chi connectivity index (χ3v) is 4.40. The Bertz CT molecular complexity index is 651. The molecule has 0 aliphatic carbocycles. The van der Waals surface area contributed by atoms with Gasteiger partial charge in [-0.2, -0.15) is 0 Å². The van der Waals surface area contributed by atoms with Crippen molar-refractivity contribution in [2.24, 2.45) is 4.99 Å². The van der Waals surface area contributed by atoms with E-state index in [4.69, 9.17) is 4.42 Å². The fourth-order valence-corrected chi connectivity index (χ4v) is 3.05. The Hall–Kier alpha value is -1.06. The quantitative estimate of drug-likeness (QED) is 0.348. The van der Waals surface area contributed by atoms with Gasteiger partial charge in [0, 0.05) is 17.0 Å². The highest BCUT2D eigenvalue weighted by Gasteiger charge is 2.27. The first-order valence-corrected chi connectivity index (χ1v) is 8.65. The molecule has 1 atom stereocenters. The lowest BCUT2D eigenvalue weighted by atomic mass is 9.96. The van der Waals surface area contributed by atoms with Crippen LogP contribution in [0.4, 0.5) is 0 Å². The van der Waals surface area contributed by atoms with Gasteiger partial charge in [0.1, 0.15) is 17.1 Å². The van der Waals surface area contributed by atoms with Crippen LogP contribution in [0.1, 0.15) is 35.8 Å². The molecule has 0 saturated heterocycles. The lowest BCUT2D eigenvalue weighted by Gasteiger charge is -2.24. The Morgan fingerprint density at radius 1 is 1.38 bits per heavy atom. The molecule has 2 rings (SSSR count). The van der Waals surface area contributed by atoms with Crippen molar-refractivity contribution in [3.8, 4) is 0 Å². The zero-order valence-corrected chi connectivity index (χ0v) is 17.7. The molecule has 2 heterocycles. The molecular weight excluding hydrogens is 437 g/mol. The van der Waals surface area contributed by atoms with E-state index in [0.717, 1.165) is 23.6 Å². The molecule has 1 unspecified atom stereocenters. The fraction of sp³-hybridized carbons (Fsp3) is 0.471. The van der Waals surface area contributed by atoms with Crippen molar-refractivity contribution in [3.63, 3.8) is 0 Å². The molecule has 0 amide bonds. The van der Waals surface area contributed by atoms with Crippen LogP contribution in [0.3, 0.4) is 0 Å². The Balaban J connectivity index is 0.00000288. The van der Waals surface area contributed by atoms with Gasteiger partial charge in [-0.15, -0.1) is 35.3 Å². The minimum atomic E-state index is -1.03. The summed E-state index contributed by atoms with van der Waals surface area (Å²) in [6.45, 7) is 9.29. The van der Waals surface area contributed by atoms with E-state index in [9.17, 15) is 5.11 Å². The number of aliphatic hydroxyl groups is 1. The molecule has 0 aliphatic heterocycles. The van der Waals surface area contributed by atoms with Gasteiger partial charge in [-0.05, 0) is 45.2 Å². The maximum absolute atomic E-state index is 10.7. The molecule has 0 aliphatic rings. The maximum atomic E-state index is 10.7. The van der Waals surface area contributed by atoms with Crippen LogP contribution >= 0.6 is 35.3 Å². The third kappa shape index (κ3) is 5.78. The van der Waals surface area contributed by atoms with Crippen molar-refractivity contribution in [1.82, 2.24) is 10.6 Å². The van der Waals surface area contributed by atoms with Crippen molar-refractivity contribution in [1.29, 1.82) is 0 Å². The number of hydrogen-bond acceptors (Lipinski definition) is 4. The lowest BCUT2D eigenvalue weighted by Crippen LogP contribution is -2.44. The van der Waals surface area contributed by atoms with Crippen LogP contribution in [0.5, 0.6) is 0 Å². The van der Waals surface area contributed by atoms with Crippen LogP contribution in [0.15, 0.2) is 33.0 Å². The number of rotatable bonds is 6. The number of halogens is 1. The van der Waals surface area contributed by atoms with Crippen molar-refractivity contribution in [3.05, 3.63) is 45.5 Å². The summed E-state index contributed by atoms with van der Waals surface area (Å²) < 4.78 is 5.52. The topological polar surface area (TPSA) is 69.8 Å². The van der Waals surface area contributed by atoms with E-state index in [1.807, 2.05) is 38.3 Å². The molecule has 0 bridgehead atoms. The van der Waals surface area contributed by atoms with Crippen molar-refractivity contribution >= 4 is 41.3 Å². The Morgan fingerprint density at radius 3 is 2.67 bits per heavy atom. The molecule has 0 aromatic carbocycles. The highest BCUT2D eigenvalue weighted by atomic mass is 127. The molecule has 7 heteroatoms. The summed E-state index contributed by atoms with van der Waals surface area (Å²) in [7, 11) is 0. The first-order chi connectivity index (χ1) is 10.9. The Morgan fingerprint density at radius 2 is 2.12 bits per heavy atom. The van der Waals surface area contributed by atoms with E-state index >= 15 is 0 Å². The van der Waals surface area contributed by atoms with Gasteiger partial charge < -0.3 is 20.2 Å². The van der Waals surface area contributed by atoms with Gasteiger partial charge in [0.05, 0.1) is 13.1 Å². The summed E-state index contributed by atoms with van der Waals surface area (Å²) in [5, 5.41) is 19.2. The van der Waals surface area contributed by atoms with Crippen molar-refractivity contribution in [2.45, 2.75) is 39.8 Å². The highest BCUT2D eigenvalue weighted by Crippen LogP contribution is 2.26. The molecule has 3 N–H and O–H groups in total. The maximum Gasteiger partial charge on any atom is 0.191 e. The van der Waals surface area contributed by atoms with E-state index in [-0.39, 0.29) is 24.0 Å². The van der Waals surface area contributed by atoms with Crippen molar-refractivity contribution in [2.75, 3.05) is 13.1 Å². The Labute approximate surface area is 164 Å². The SMILES string of the molecule is CCNC(=NCc1cccs1)NCC(C)(O)c1cc(C)oc1C.I. The number of thiophene rings is 1. The van der Waals surface area contributed by atoms with E-state index in [2.05, 4.69) is 21.7 Å². The summed E-state index contributed by atoms with van der Waals surface area (Å²) >= 11 is 1.68. The van der Waals surface area contributed by atoms with Crippen LogP contribution in [0, 0.1) is 13.8 Å².